The van der Waals surface area contributed by atoms with Gasteiger partial charge in [0.1, 0.15) is 0 Å². The Morgan fingerprint density at radius 1 is 1.30 bits per heavy atom. The van der Waals surface area contributed by atoms with Crippen molar-refractivity contribution in [3.05, 3.63) is 28.7 Å². The average Bonchev–Trinajstić information content (AvgIpc) is 2.68. The first-order valence-electron chi connectivity index (χ1n) is 6.88. The maximum absolute atomic E-state index is 12.1. The van der Waals surface area contributed by atoms with E-state index in [-0.39, 0.29) is 0 Å². The first-order valence-corrected chi connectivity index (χ1v) is 9.15. The third-order valence-corrected chi connectivity index (χ3v) is 5.73. The number of hydrogen-bond acceptors (Lipinski definition) is 3. The summed E-state index contributed by atoms with van der Waals surface area (Å²) in [7, 11) is -3.40. The van der Waals surface area contributed by atoms with Crippen molar-refractivity contribution >= 4 is 26.0 Å². The number of hydrogen-bond donors (Lipinski definition) is 1. The molecule has 1 heterocycles. The van der Waals surface area contributed by atoms with E-state index in [1.165, 1.54) is 6.42 Å². The minimum absolute atomic E-state index is 0.309. The first kappa shape index (κ1) is 15.9. The molecule has 2 unspecified atom stereocenters. The van der Waals surface area contributed by atoms with Crippen molar-refractivity contribution in [2.24, 2.45) is 5.92 Å². The van der Waals surface area contributed by atoms with E-state index in [0.29, 0.717) is 23.4 Å². The third-order valence-electron chi connectivity index (χ3n) is 3.73. The molecule has 0 aromatic heterocycles. The van der Waals surface area contributed by atoms with Crippen LogP contribution in [0.4, 0.5) is 0 Å². The van der Waals surface area contributed by atoms with Gasteiger partial charge < -0.3 is 0 Å². The number of likely N-dealkylation sites (tertiary alicyclic amines) is 1. The molecule has 1 N–H and O–H groups in total. The van der Waals surface area contributed by atoms with Gasteiger partial charge in [-0.25, -0.2) is 13.1 Å². The summed E-state index contributed by atoms with van der Waals surface area (Å²) >= 11 is 3.30. The average molecular weight is 361 g/mol. The zero-order chi connectivity index (χ0) is 14.8. The maximum Gasteiger partial charge on any atom is 0.240 e. The normalized spacial score (nSPS) is 24.1. The summed E-state index contributed by atoms with van der Waals surface area (Å²) in [6.07, 6.45) is 1.19. The number of rotatable bonds is 5. The Labute approximate surface area is 129 Å². The van der Waals surface area contributed by atoms with Crippen LogP contribution in [0, 0.1) is 5.92 Å². The van der Waals surface area contributed by atoms with Gasteiger partial charge in [0.25, 0.3) is 0 Å². The molecule has 1 saturated heterocycles. The summed E-state index contributed by atoms with van der Waals surface area (Å²) < 4.78 is 27.8. The van der Waals surface area contributed by atoms with E-state index in [1.54, 1.807) is 24.3 Å². The van der Waals surface area contributed by atoms with Crippen molar-refractivity contribution in [3.8, 4) is 0 Å². The largest absolute Gasteiger partial charge is 0.299 e. The lowest BCUT2D eigenvalue weighted by molar-refractivity contribution is 0.270. The molecule has 0 aliphatic carbocycles. The molecule has 0 bridgehead atoms. The molecule has 1 fully saturated rings. The quantitative estimate of drug-likeness (QED) is 0.877. The van der Waals surface area contributed by atoms with Gasteiger partial charge in [-0.2, -0.15) is 0 Å². The molecular formula is C14H21BrN2O2S. The van der Waals surface area contributed by atoms with Gasteiger partial charge in [-0.15, -0.1) is 0 Å². The number of sulfonamides is 1. The lowest BCUT2D eigenvalue weighted by atomic mass is 10.1. The van der Waals surface area contributed by atoms with Crippen molar-refractivity contribution in [2.75, 3.05) is 19.6 Å². The number of benzene rings is 1. The monoisotopic (exact) mass is 360 g/mol. The second-order valence-corrected chi connectivity index (χ2v) is 8.22. The van der Waals surface area contributed by atoms with Gasteiger partial charge in [-0.1, -0.05) is 22.9 Å². The van der Waals surface area contributed by atoms with Crippen molar-refractivity contribution in [2.45, 2.75) is 31.2 Å². The zero-order valence-corrected chi connectivity index (χ0v) is 14.2. The maximum atomic E-state index is 12.1. The molecular weight excluding hydrogens is 340 g/mol. The van der Waals surface area contributed by atoms with Crippen molar-refractivity contribution in [1.82, 2.24) is 9.62 Å². The zero-order valence-electron chi connectivity index (χ0n) is 11.8. The van der Waals surface area contributed by atoms with E-state index in [0.717, 1.165) is 17.6 Å². The van der Waals surface area contributed by atoms with E-state index in [2.05, 4.69) is 39.4 Å². The van der Waals surface area contributed by atoms with Gasteiger partial charge >= 0.3 is 0 Å². The standard InChI is InChI=1S/C14H21BrN2O2S/c1-11-9-12(2)17(10-11)8-7-16-20(18,19)14-5-3-13(15)4-6-14/h3-6,11-12,16H,7-10H2,1-2H3. The summed E-state index contributed by atoms with van der Waals surface area (Å²) in [5, 5.41) is 0. The molecule has 1 aliphatic heterocycles. The van der Waals surface area contributed by atoms with Crippen LogP contribution in [0.5, 0.6) is 0 Å². The molecule has 20 heavy (non-hydrogen) atoms. The highest BCUT2D eigenvalue weighted by Crippen LogP contribution is 2.21. The highest BCUT2D eigenvalue weighted by molar-refractivity contribution is 9.10. The third kappa shape index (κ3) is 4.04. The predicted molar refractivity (Wildman–Crippen MR) is 84.1 cm³/mol. The van der Waals surface area contributed by atoms with E-state index in [1.807, 2.05) is 0 Å². The minimum atomic E-state index is -3.40. The van der Waals surface area contributed by atoms with Gasteiger partial charge in [-0.3, -0.25) is 4.90 Å². The van der Waals surface area contributed by atoms with Gasteiger partial charge in [0.2, 0.25) is 10.0 Å². The Kier molecular flexibility index (Phi) is 5.23. The van der Waals surface area contributed by atoms with E-state index in [9.17, 15) is 8.42 Å². The van der Waals surface area contributed by atoms with Crippen LogP contribution in [0.15, 0.2) is 33.6 Å². The Balaban J connectivity index is 1.88. The topological polar surface area (TPSA) is 49.4 Å². The fourth-order valence-electron chi connectivity index (χ4n) is 2.72. The summed E-state index contributed by atoms with van der Waals surface area (Å²) in [6, 6.07) is 7.22. The minimum Gasteiger partial charge on any atom is -0.299 e. The summed E-state index contributed by atoms with van der Waals surface area (Å²) in [5.41, 5.74) is 0. The molecule has 2 atom stereocenters. The molecule has 1 aromatic carbocycles. The van der Waals surface area contributed by atoms with Crippen LogP contribution >= 0.6 is 15.9 Å². The smallest absolute Gasteiger partial charge is 0.240 e. The number of halogens is 1. The second kappa shape index (κ2) is 6.56. The summed E-state index contributed by atoms with van der Waals surface area (Å²) in [4.78, 5) is 2.65. The Morgan fingerprint density at radius 2 is 1.95 bits per heavy atom. The van der Waals surface area contributed by atoms with Crippen LogP contribution in [0.1, 0.15) is 20.3 Å². The SMILES string of the molecule is CC1CC(C)N(CCNS(=O)(=O)c2ccc(Br)cc2)C1. The highest BCUT2D eigenvalue weighted by Gasteiger charge is 2.25. The predicted octanol–water partition coefficient (Wildman–Crippen LogP) is 2.46. The highest BCUT2D eigenvalue weighted by atomic mass is 79.9. The Bertz CT molecular complexity index is 545. The number of nitrogens with one attached hydrogen (secondary N) is 1. The molecule has 0 amide bonds. The van der Waals surface area contributed by atoms with Crippen LogP contribution in [-0.2, 0) is 10.0 Å². The molecule has 112 valence electrons. The van der Waals surface area contributed by atoms with Gasteiger partial charge in [0.05, 0.1) is 4.90 Å². The summed E-state index contributed by atoms with van der Waals surface area (Å²) in [5.74, 6) is 0.702. The lowest BCUT2D eigenvalue weighted by Gasteiger charge is -2.20. The van der Waals surface area contributed by atoms with Crippen LogP contribution in [-0.4, -0.2) is 39.0 Å². The fraction of sp³-hybridized carbons (Fsp3) is 0.571. The Hall–Kier alpha value is -0.430. The molecule has 4 nitrogen and oxygen atoms in total. The lowest BCUT2D eigenvalue weighted by Crippen LogP contribution is -2.36. The van der Waals surface area contributed by atoms with Crippen molar-refractivity contribution < 1.29 is 8.42 Å². The van der Waals surface area contributed by atoms with Crippen LogP contribution in [0.3, 0.4) is 0 Å². The molecule has 2 rings (SSSR count). The van der Waals surface area contributed by atoms with Gasteiger partial charge in [-0.05, 0) is 43.5 Å². The molecule has 1 aliphatic rings. The van der Waals surface area contributed by atoms with E-state index < -0.39 is 10.0 Å². The van der Waals surface area contributed by atoms with Crippen LogP contribution in [0.25, 0.3) is 0 Å². The molecule has 6 heteroatoms. The van der Waals surface area contributed by atoms with Crippen molar-refractivity contribution in [3.63, 3.8) is 0 Å². The van der Waals surface area contributed by atoms with E-state index >= 15 is 0 Å². The second-order valence-electron chi connectivity index (χ2n) is 5.54. The number of nitrogens with zero attached hydrogens (tertiary/aromatic N) is 1. The first-order chi connectivity index (χ1) is 9.38. The molecule has 1 aromatic rings. The molecule has 0 spiro atoms. The fourth-order valence-corrected chi connectivity index (χ4v) is 4.00. The molecule has 0 radical (unpaired) electrons. The van der Waals surface area contributed by atoms with E-state index in [4.69, 9.17) is 0 Å². The van der Waals surface area contributed by atoms with Crippen molar-refractivity contribution in [1.29, 1.82) is 0 Å². The van der Waals surface area contributed by atoms with Crippen LogP contribution < -0.4 is 4.72 Å². The van der Waals surface area contributed by atoms with Gasteiger partial charge in [0.15, 0.2) is 0 Å². The molecule has 0 saturated carbocycles. The summed E-state index contributed by atoms with van der Waals surface area (Å²) in [6.45, 7) is 6.72. The van der Waals surface area contributed by atoms with Gasteiger partial charge in [0, 0.05) is 30.1 Å². The van der Waals surface area contributed by atoms with Crippen LogP contribution in [0.2, 0.25) is 0 Å². The Morgan fingerprint density at radius 3 is 2.50 bits per heavy atom.